The molecule has 0 aromatic carbocycles. The highest BCUT2D eigenvalue weighted by Gasteiger charge is 2.17. The van der Waals surface area contributed by atoms with Crippen molar-refractivity contribution in [3.8, 4) is 0 Å². The second-order valence-corrected chi connectivity index (χ2v) is 6.27. The number of carbonyl (C=O) groups excluding carboxylic acids is 1. The van der Waals surface area contributed by atoms with Crippen LogP contribution < -0.4 is 5.32 Å². The topological polar surface area (TPSA) is 66.4 Å². The van der Waals surface area contributed by atoms with Crippen LogP contribution in [0.4, 0.5) is 0 Å². The molecule has 0 radical (unpaired) electrons. The maximum absolute atomic E-state index is 11.6. The number of hydrogen-bond acceptors (Lipinski definition) is 4. The molecule has 1 atom stereocenters. The zero-order valence-corrected chi connectivity index (χ0v) is 12.5. The summed E-state index contributed by atoms with van der Waals surface area (Å²) in [7, 11) is 0. The highest BCUT2D eigenvalue weighted by molar-refractivity contribution is 7.98. The Balaban J connectivity index is 2.52. The molecular weight excluding hydrogens is 282 g/mol. The van der Waals surface area contributed by atoms with Crippen molar-refractivity contribution < 1.29 is 14.7 Å². The quantitative estimate of drug-likeness (QED) is 0.759. The third kappa shape index (κ3) is 5.94. The first-order valence-corrected chi connectivity index (χ1v) is 8.00. The van der Waals surface area contributed by atoms with Crippen molar-refractivity contribution in [2.45, 2.75) is 19.4 Å². The maximum atomic E-state index is 11.6. The van der Waals surface area contributed by atoms with E-state index in [2.05, 4.69) is 5.32 Å². The number of rotatable bonds is 7. The molecule has 1 aromatic rings. The Kier molecular flexibility index (Phi) is 6.66. The van der Waals surface area contributed by atoms with Crippen LogP contribution in [0.5, 0.6) is 0 Å². The molecule has 6 heteroatoms. The molecule has 19 heavy (non-hydrogen) atoms. The average Bonchev–Trinajstić information content (AvgIpc) is 2.77. The fraction of sp³-hybridized carbons (Fsp3) is 0.385. The summed E-state index contributed by atoms with van der Waals surface area (Å²) >= 11 is 3.14. The van der Waals surface area contributed by atoms with E-state index >= 15 is 0 Å². The van der Waals surface area contributed by atoms with E-state index in [-0.39, 0.29) is 5.91 Å². The van der Waals surface area contributed by atoms with Gasteiger partial charge in [0.15, 0.2) is 0 Å². The zero-order chi connectivity index (χ0) is 14.3. The lowest BCUT2D eigenvalue weighted by molar-refractivity contribution is -0.141. The van der Waals surface area contributed by atoms with E-state index in [1.165, 1.54) is 11.0 Å². The van der Waals surface area contributed by atoms with Gasteiger partial charge in [-0.15, -0.1) is 11.3 Å². The van der Waals surface area contributed by atoms with E-state index in [1.54, 1.807) is 29.2 Å². The predicted molar refractivity (Wildman–Crippen MR) is 80.7 cm³/mol. The van der Waals surface area contributed by atoms with Gasteiger partial charge < -0.3 is 10.4 Å². The third-order valence-corrected chi connectivity index (χ3v) is 4.00. The average molecular weight is 299 g/mol. The number of carboxylic acid groups (broad SMARTS) is 1. The summed E-state index contributed by atoms with van der Waals surface area (Å²) in [6, 6.07) is 3.07. The largest absolute Gasteiger partial charge is 0.480 e. The van der Waals surface area contributed by atoms with Gasteiger partial charge in [-0.1, -0.05) is 0 Å². The number of carboxylic acids is 1. The van der Waals surface area contributed by atoms with Crippen LogP contribution in [-0.4, -0.2) is 35.0 Å². The number of nitrogens with one attached hydrogen (secondary N) is 1. The van der Waals surface area contributed by atoms with E-state index in [4.69, 9.17) is 5.11 Å². The standard InChI is InChI=1S/C13H17NO3S2/c1-9-3-4-10(19-9)5-6-12(15)14-11(13(16)17)7-8-18-2/h3-6,11H,7-8H2,1-2H3,(H,14,15)(H,16,17)/b6-5+/t11-/m0/s1. The summed E-state index contributed by atoms with van der Waals surface area (Å²) in [4.78, 5) is 24.8. The number of thioether (sulfide) groups is 1. The molecule has 0 saturated heterocycles. The lowest BCUT2D eigenvalue weighted by Gasteiger charge is -2.12. The highest BCUT2D eigenvalue weighted by Crippen LogP contribution is 2.16. The number of aryl methyl sites for hydroxylation is 1. The van der Waals surface area contributed by atoms with Gasteiger partial charge in [0.1, 0.15) is 6.04 Å². The lowest BCUT2D eigenvalue weighted by Crippen LogP contribution is -2.40. The lowest BCUT2D eigenvalue weighted by atomic mass is 10.2. The summed E-state index contributed by atoms with van der Waals surface area (Å²) < 4.78 is 0. The van der Waals surface area contributed by atoms with Crippen molar-refractivity contribution >= 4 is 41.1 Å². The van der Waals surface area contributed by atoms with Crippen molar-refractivity contribution in [2.24, 2.45) is 0 Å². The number of thiophene rings is 1. The van der Waals surface area contributed by atoms with E-state index in [9.17, 15) is 9.59 Å². The van der Waals surface area contributed by atoms with Crippen LogP contribution in [0, 0.1) is 6.92 Å². The van der Waals surface area contributed by atoms with Gasteiger partial charge in [-0.25, -0.2) is 4.79 Å². The van der Waals surface area contributed by atoms with Crippen molar-refractivity contribution in [1.29, 1.82) is 0 Å². The Hall–Kier alpha value is -1.27. The maximum Gasteiger partial charge on any atom is 0.326 e. The molecule has 0 unspecified atom stereocenters. The Morgan fingerprint density at radius 3 is 2.79 bits per heavy atom. The second-order valence-electron chi connectivity index (χ2n) is 3.96. The number of hydrogen-bond donors (Lipinski definition) is 2. The van der Waals surface area contributed by atoms with Gasteiger partial charge in [0.25, 0.3) is 0 Å². The fourth-order valence-electron chi connectivity index (χ4n) is 1.41. The van der Waals surface area contributed by atoms with Crippen molar-refractivity contribution in [3.63, 3.8) is 0 Å². The summed E-state index contributed by atoms with van der Waals surface area (Å²) in [5.74, 6) is -0.673. The van der Waals surface area contributed by atoms with Gasteiger partial charge in [-0.05, 0) is 43.6 Å². The smallest absolute Gasteiger partial charge is 0.326 e. The van der Waals surface area contributed by atoms with Gasteiger partial charge in [-0.2, -0.15) is 11.8 Å². The molecule has 1 rings (SSSR count). The number of amides is 1. The Labute approximate surface area is 120 Å². The van der Waals surface area contributed by atoms with E-state index in [0.29, 0.717) is 12.2 Å². The molecule has 0 aliphatic heterocycles. The van der Waals surface area contributed by atoms with Gasteiger partial charge in [0.2, 0.25) is 5.91 Å². The SMILES string of the molecule is CSCC[C@H](NC(=O)/C=C/c1ccc(C)s1)C(=O)O. The minimum Gasteiger partial charge on any atom is -0.480 e. The molecular formula is C13H17NO3S2. The van der Waals surface area contributed by atoms with Crippen molar-refractivity contribution in [2.75, 3.05) is 12.0 Å². The fourth-order valence-corrected chi connectivity index (χ4v) is 2.67. The molecule has 0 aliphatic rings. The Morgan fingerprint density at radius 1 is 1.53 bits per heavy atom. The molecule has 2 N–H and O–H groups in total. The first kappa shape index (κ1) is 15.8. The number of aliphatic carboxylic acids is 1. The molecule has 1 amide bonds. The zero-order valence-electron chi connectivity index (χ0n) is 10.9. The molecule has 0 saturated carbocycles. The molecule has 4 nitrogen and oxygen atoms in total. The monoisotopic (exact) mass is 299 g/mol. The van der Waals surface area contributed by atoms with Crippen LogP contribution in [-0.2, 0) is 9.59 Å². The van der Waals surface area contributed by atoms with Crippen LogP contribution in [0.3, 0.4) is 0 Å². The van der Waals surface area contributed by atoms with E-state index in [1.807, 2.05) is 25.3 Å². The summed E-state index contributed by atoms with van der Waals surface area (Å²) in [6.07, 6.45) is 5.40. The van der Waals surface area contributed by atoms with Gasteiger partial charge in [0.05, 0.1) is 0 Å². The number of carbonyl (C=O) groups is 2. The third-order valence-electron chi connectivity index (χ3n) is 2.39. The van der Waals surface area contributed by atoms with Gasteiger partial charge in [-0.3, -0.25) is 4.79 Å². The Bertz CT molecular complexity index is 468. The summed E-state index contributed by atoms with van der Waals surface area (Å²) in [5, 5.41) is 11.5. The van der Waals surface area contributed by atoms with Gasteiger partial charge >= 0.3 is 5.97 Å². The van der Waals surface area contributed by atoms with Gasteiger partial charge in [0, 0.05) is 15.8 Å². The van der Waals surface area contributed by atoms with Crippen LogP contribution >= 0.6 is 23.1 Å². The predicted octanol–water partition coefficient (Wildman–Crippen LogP) is 2.39. The molecule has 1 aromatic heterocycles. The Morgan fingerprint density at radius 2 is 2.26 bits per heavy atom. The second kappa shape index (κ2) is 8.01. The molecule has 0 spiro atoms. The van der Waals surface area contributed by atoms with E-state index < -0.39 is 12.0 Å². The molecule has 0 bridgehead atoms. The molecule has 0 aliphatic carbocycles. The summed E-state index contributed by atoms with van der Waals surface area (Å²) in [5.41, 5.74) is 0. The molecule has 1 heterocycles. The minimum atomic E-state index is -0.997. The first-order chi connectivity index (χ1) is 9.02. The molecule has 0 fully saturated rings. The van der Waals surface area contributed by atoms with Crippen LogP contribution in [0.15, 0.2) is 18.2 Å². The van der Waals surface area contributed by atoms with Crippen molar-refractivity contribution in [3.05, 3.63) is 28.0 Å². The minimum absolute atomic E-state index is 0.375. The first-order valence-electron chi connectivity index (χ1n) is 5.79. The van der Waals surface area contributed by atoms with Crippen LogP contribution in [0.2, 0.25) is 0 Å². The van der Waals surface area contributed by atoms with Crippen LogP contribution in [0.1, 0.15) is 16.2 Å². The highest BCUT2D eigenvalue weighted by atomic mass is 32.2. The van der Waals surface area contributed by atoms with Crippen LogP contribution in [0.25, 0.3) is 6.08 Å². The van der Waals surface area contributed by atoms with Crippen molar-refractivity contribution in [1.82, 2.24) is 5.32 Å². The normalized spacial score (nSPS) is 12.5. The van der Waals surface area contributed by atoms with E-state index in [0.717, 1.165) is 4.88 Å². The molecule has 104 valence electrons. The summed E-state index contributed by atoms with van der Waals surface area (Å²) in [6.45, 7) is 1.99.